The van der Waals surface area contributed by atoms with Gasteiger partial charge in [0.25, 0.3) is 12.0 Å². The molecule has 5 rings (SSSR count). The molecule has 1 saturated heterocycles. The molecule has 13 nitrogen and oxygen atoms in total. The first kappa shape index (κ1) is 27.4. The fourth-order valence-corrected chi connectivity index (χ4v) is 5.15. The van der Waals surface area contributed by atoms with E-state index in [-0.39, 0.29) is 43.3 Å². The Morgan fingerprint density at radius 3 is 2.19 bits per heavy atom. The summed E-state index contributed by atoms with van der Waals surface area (Å²) in [6.45, 7) is 0.0850. The van der Waals surface area contributed by atoms with Crippen LogP contribution in [0.25, 0.3) is 0 Å². The zero-order chi connectivity index (χ0) is 26.7. The molecule has 1 aromatic carbocycles. The number of aliphatic hydroxyl groups is 6. The lowest BCUT2D eigenvalue weighted by atomic mass is 9.80. The molecule has 206 valence electrons. The second kappa shape index (κ2) is 11.8. The van der Waals surface area contributed by atoms with Gasteiger partial charge in [-0.05, 0) is 30.5 Å². The Bertz CT molecular complexity index is 962. The first-order valence-electron chi connectivity index (χ1n) is 12.3. The van der Waals surface area contributed by atoms with Crippen LogP contribution < -0.4 is 15.8 Å². The highest BCUT2D eigenvalue weighted by molar-refractivity contribution is 5.76. The van der Waals surface area contributed by atoms with E-state index in [1.165, 1.54) is 0 Å². The number of aliphatic hydroxyl groups excluding tert-OH is 6. The smallest absolute Gasteiger partial charge is 0.285 e. The molecule has 3 fully saturated rings. The number of nitrogens with one attached hydrogen (secondary N) is 1. The summed E-state index contributed by atoms with van der Waals surface area (Å²) in [6.07, 6.45) is -3.58. The number of rotatable bonds is 5. The number of amidine groups is 2. The standard InChI is InChI=1S/C16H22N2O5.C8H14N2O4/c1-22-11-4-2-9(3-5-11)7-17-16-18-13-12(23-16)6-10(8-19)14(20)15(13)21;9-8-10-5-4(14-8)1-3(2-11)6(12)7(5)13/h2-5,10,12-15,19-21H,6-8H2,1H3,(H,17,18);3-7,11-13H,1-2H2,(H2,9,10)/t10-,12+,13+,14-,15-;3-,4+,5+,6-,7-/m11/s1. The van der Waals surface area contributed by atoms with Crippen LogP contribution in [0.3, 0.4) is 0 Å². The summed E-state index contributed by atoms with van der Waals surface area (Å²) in [5, 5.41) is 60.6. The molecule has 2 saturated carbocycles. The van der Waals surface area contributed by atoms with Crippen molar-refractivity contribution < 1.29 is 44.8 Å². The summed E-state index contributed by atoms with van der Waals surface area (Å²) in [4.78, 5) is 8.26. The van der Waals surface area contributed by atoms with Crippen molar-refractivity contribution in [1.29, 1.82) is 0 Å². The number of nitrogens with two attached hydrogens (primary N) is 1. The molecule has 0 unspecified atom stereocenters. The van der Waals surface area contributed by atoms with Gasteiger partial charge in [-0.1, -0.05) is 12.1 Å². The van der Waals surface area contributed by atoms with Crippen molar-refractivity contribution in [2.24, 2.45) is 27.6 Å². The predicted octanol–water partition coefficient (Wildman–Crippen LogP) is -2.56. The van der Waals surface area contributed by atoms with Crippen molar-refractivity contribution in [3.8, 4) is 5.75 Å². The molecule has 2 aliphatic carbocycles. The third-order valence-electron chi connectivity index (χ3n) is 7.37. The Balaban J connectivity index is 0.000000195. The monoisotopic (exact) mass is 524 g/mol. The first-order chi connectivity index (χ1) is 17.7. The summed E-state index contributed by atoms with van der Waals surface area (Å²) in [5.74, 6) is 0.0381. The Labute approximate surface area is 214 Å². The van der Waals surface area contributed by atoms with Crippen LogP contribution in [-0.2, 0) is 16.0 Å². The summed E-state index contributed by atoms with van der Waals surface area (Å²) < 4.78 is 16.0. The molecule has 0 radical (unpaired) electrons. The fourth-order valence-electron chi connectivity index (χ4n) is 5.15. The van der Waals surface area contributed by atoms with Gasteiger partial charge in [-0.25, -0.2) is 9.98 Å². The second-order valence-electron chi connectivity index (χ2n) is 9.73. The van der Waals surface area contributed by atoms with Gasteiger partial charge in [-0.15, -0.1) is 0 Å². The average Bonchev–Trinajstić information content (AvgIpc) is 3.50. The number of hydrogen-bond donors (Lipinski definition) is 8. The van der Waals surface area contributed by atoms with Gasteiger partial charge in [0.05, 0.1) is 31.9 Å². The zero-order valence-electron chi connectivity index (χ0n) is 20.5. The summed E-state index contributed by atoms with van der Waals surface area (Å²) >= 11 is 0. The van der Waals surface area contributed by atoms with Crippen molar-refractivity contribution in [3.63, 3.8) is 0 Å². The Kier molecular flexibility index (Phi) is 8.72. The molecule has 9 N–H and O–H groups in total. The number of methoxy groups -OCH3 is 1. The molecule has 0 amide bonds. The van der Waals surface area contributed by atoms with Gasteiger partial charge in [-0.2, -0.15) is 0 Å². The second-order valence-corrected chi connectivity index (χ2v) is 9.73. The van der Waals surface area contributed by atoms with Crippen LogP contribution in [0.4, 0.5) is 0 Å². The van der Waals surface area contributed by atoms with Crippen molar-refractivity contribution >= 4 is 12.0 Å². The van der Waals surface area contributed by atoms with Crippen molar-refractivity contribution in [2.45, 2.75) is 68.1 Å². The van der Waals surface area contributed by atoms with E-state index in [4.69, 9.17) is 25.1 Å². The Morgan fingerprint density at radius 1 is 0.946 bits per heavy atom. The number of aliphatic imine (C=N–C) groups is 2. The number of fused-ring (bicyclic) bond motifs is 2. The van der Waals surface area contributed by atoms with E-state index in [0.717, 1.165) is 11.3 Å². The number of ether oxygens (including phenoxy) is 3. The maximum Gasteiger partial charge on any atom is 0.285 e. The van der Waals surface area contributed by atoms with E-state index < -0.39 is 36.5 Å². The van der Waals surface area contributed by atoms with Gasteiger partial charge in [0.2, 0.25) is 0 Å². The van der Waals surface area contributed by atoms with E-state index in [2.05, 4.69) is 15.3 Å². The van der Waals surface area contributed by atoms with Crippen LogP contribution in [0.5, 0.6) is 5.75 Å². The molecule has 10 atom stereocenters. The summed E-state index contributed by atoms with van der Waals surface area (Å²) in [6, 6.07) is 7.09. The van der Waals surface area contributed by atoms with Crippen LogP contribution in [0, 0.1) is 11.8 Å². The van der Waals surface area contributed by atoms with Crippen LogP contribution in [0.15, 0.2) is 34.3 Å². The molecule has 37 heavy (non-hydrogen) atoms. The minimum atomic E-state index is -1.01. The highest BCUT2D eigenvalue weighted by atomic mass is 16.5. The molecular formula is C24H36N4O9. The minimum absolute atomic E-state index is 0.0461. The zero-order valence-corrected chi connectivity index (χ0v) is 20.5. The van der Waals surface area contributed by atoms with Gasteiger partial charge < -0.3 is 55.9 Å². The first-order valence-corrected chi connectivity index (χ1v) is 12.3. The molecular weight excluding hydrogens is 488 g/mol. The highest BCUT2D eigenvalue weighted by Gasteiger charge is 2.49. The lowest BCUT2D eigenvalue weighted by Gasteiger charge is -2.37. The third kappa shape index (κ3) is 5.92. The van der Waals surface area contributed by atoms with Crippen LogP contribution in [0.1, 0.15) is 18.4 Å². The highest BCUT2D eigenvalue weighted by Crippen LogP contribution is 2.32. The van der Waals surface area contributed by atoms with Gasteiger partial charge >= 0.3 is 0 Å². The molecule has 0 aromatic heterocycles. The van der Waals surface area contributed by atoms with E-state index in [0.29, 0.717) is 25.4 Å². The topological polar surface area (TPSA) is 212 Å². The van der Waals surface area contributed by atoms with Gasteiger partial charge in [0.1, 0.15) is 36.2 Å². The lowest BCUT2D eigenvalue weighted by Crippen LogP contribution is -2.56. The molecule has 0 bridgehead atoms. The average molecular weight is 525 g/mol. The minimum Gasteiger partial charge on any atom is -0.497 e. The normalized spacial score (nSPS) is 39.2. The quantitative estimate of drug-likeness (QED) is 0.201. The Hall–Kier alpha value is -2.68. The maximum absolute atomic E-state index is 10.1. The molecule has 1 aromatic rings. The van der Waals surface area contributed by atoms with E-state index in [1.54, 1.807) is 7.11 Å². The Morgan fingerprint density at radius 2 is 1.57 bits per heavy atom. The lowest BCUT2D eigenvalue weighted by molar-refractivity contribution is -0.0948. The van der Waals surface area contributed by atoms with Gasteiger partial charge in [0, 0.05) is 25.0 Å². The van der Waals surface area contributed by atoms with Crippen molar-refractivity contribution in [1.82, 2.24) is 5.32 Å². The van der Waals surface area contributed by atoms with E-state index >= 15 is 0 Å². The summed E-state index contributed by atoms with van der Waals surface area (Å²) in [5.41, 5.74) is 6.37. The predicted molar refractivity (Wildman–Crippen MR) is 131 cm³/mol. The van der Waals surface area contributed by atoms with Gasteiger partial charge in [0.15, 0.2) is 0 Å². The van der Waals surface area contributed by atoms with Crippen LogP contribution in [-0.4, -0.2) is 112 Å². The van der Waals surface area contributed by atoms with Gasteiger partial charge in [-0.3, -0.25) is 0 Å². The van der Waals surface area contributed by atoms with E-state index in [1.807, 2.05) is 24.3 Å². The number of hydrogen-bond acceptors (Lipinski definition) is 12. The molecule has 2 aliphatic heterocycles. The van der Waals surface area contributed by atoms with E-state index in [9.17, 15) is 25.5 Å². The molecule has 4 aliphatic rings. The fraction of sp³-hybridized carbons (Fsp3) is 0.667. The van der Waals surface area contributed by atoms with Crippen LogP contribution in [0.2, 0.25) is 0 Å². The molecule has 13 heteroatoms. The van der Waals surface area contributed by atoms with Crippen molar-refractivity contribution in [3.05, 3.63) is 29.8 Å². The molecule has 0 spiro atoms. The van der Waals surface area contributed by atoms with Crippen LogP contribution >= 0.6 is 0 Å². The largest absolute Gasteiger partial charge is 0.497 e. The molecule has 2 heterocycles. The third-order valence-corrected chi connectivity index (χ3v) is 7.37. The maximum atomic E-state index is 10.1. The SMILES string of the molecule is COc1ccc(CN=C2N[C@@H]3[C@@H](O)[C@H](O)[C@@H](CO)C[C@@H]3O2)cc1.NC1=N[C@@H]2[C@@H](O)[C@H](O)[C@@H](CO)C[C@@H]2O1. The van der Waals surface area contributed by atoms with Crippen molar-refractivity contribution in [2.75, 3.05) is 20.3 Å². The summed E-state index contributed by atoms with van der Waals surface area (Å²) in [7, 11) is 1.62. The number of benzene rings is 1. The number of nitrogens with zero attached hydrogens (tertiary/aromatic N) is 2.